The molecule has 1 aromatic rings. The number of hydrogen-bond donors (Lipinski definition) is 1. The van der Waals surface area contributed by atoms with Crippen molar-refractivity contribution < 1.29 is 0 Å². The van der Waals surface area contributed by atoms with Gasteiger partial charge in [-0.25, -0.2) is 0 Å². The van der Waals surface area contributed by atoms with Crippen LogP contribution in [0.5, 0.6) is 0 Å². The molecule has 1 rings (SSSR count). The molecule has 0 saturated carbocycles. The highest BCUT2D eigenvalue weighted by Gasteiger charge is 2.19. The Morgan fingerprint density at radius 1 is 1.26 bits per heavy atom. The maximum Gasteiger partial charge on any atom is 0.0177 e. The highest BCUT2D eigenvalue weighted by molar-refractivity contribution is 9.10. The molecule has 0 aromatic heterocycles. The smallest absolute Gasteiger partial charge is 0.0177 e. The lowest BCUT2D eigenvalue weighted by Gasteiger charge is -2.29. The molecular formula is C17H28BrN. The van der Waals surface area contributed by atoms with Crippen LogP contribution in [0.15, 0.2) is 28.7 Å². The lowest BCUT2D eigenvalue weighted by Crippen LogP contribution is -2.41. The molecule has 19 heavy (non-hydrogen) atoms. The summed E-state index contributed by atoms with van der Waals surface area (Å²) in [6.45, 7) is 12.5. The van der Waals surface area contributed by atoms with E-state index in [1.165, 1.54) is 16.5 Å². The zero-order valence-corrected chi connectivity index (χ0v) is 14.5. The van der Waals surface area contributed by atoms with Crippen LogP contribution in [0.4, 0.5) is 0 Å². The topological polar surface area (TPSA) is 12.0 Å². The Morgan fingerprint density at radius 3 is 2.47 bits per heavy atom. The molecule has 0 aliphatic heterocycles. The SMILES string of the molecule is CCC(C)C(CNC(C)(C)C)Cc1cccc(Br)c1. The Balaban J connectivity index is 2.69. The van der Waals surface area contributed by atoms with Crippen LogP contribution in [-0.2, 0) is 6.42 Å². The molecule has 0 aliphatic rings. The van der Waals surface area contributed by atoms with Crippen molar-refractivity contribution in [1.82, 2.24) is 5.32 Å². The largest absolute Gasteiger partial charge is 0.312 e. The Morgan fingerprint density at radius 2 is 1.95 bits per heavy atom. The summed E-state index contributed by atoms with van der Waals surface area (Å²) in [4.78, 5) is 0. The van der Waals surface area contributed by atoms with Crippen LogP contribution in [0.25, 0.3) is 0 Å². The fourth-order valence-corrected chi connectivity index (χ4v) is 2.66. The van der Waals surface area contributed by atoms with Crippen molar-refractivity contribution in [2.45, 2.75) is 53.0 Å². The van der Waals surface area contributed by atoms with Gasteiger partial charge in [-0.2, -0.15) is 0 Å². The molecule has 0 bridgehead atoms. The van der Waals surface area contributed by atoms with Gasteiger partial charge in [0.15, 0.2) is 0 Å². The highest BCUT2D eigenvalue weighted by atomic mass is 79.9. The van der Waals surface area contributed by atoms with Crippen LogP contribution in [0.3, 0.4) is 0 Å². The molecule has 2 atom stereocenters. The average molecular weight is 326 g/mol. The van der Waals surface area contributed by atoms with Gasteiger partial charge < -0.3 is 5.32 Å². The number of nitrogens with one attached hydrogen (secondary N) is 1. The maximum absolute atomic E-state index is 3.66. The second kappa shape index (κ2) is 7.44. The molecule has 0 heterocycles. The second-order valence-electron chi connectivity index (χ2n) is 6.61. The lowest BCUT2D eigenvalue weighted by molar-refractivity contribution is 0.292. The van der Waals surface area contributed by atoms with Gasteiger partial charge in [-0.05, 0) is 63.3 Å². The third kappa shape index (κ3) is 6.58. The number of halogens is 1. The van der Waals surface area contributed by atoms with Crippen molar-refractivity contribution in [2.24, 2.45) is 11.8 Å². The van der Waals surface area contributed by atoms with Crippen molar-refractivity contribution in [2.75, 3.05) is 6.54 Å². The van der Waals surface area contributed by atoms with E-state index in [-0.39, 0.29) is 5.54 Å². The third-order valence-corrected chi connectivity index (χ3v) is 4.22. The number of benzene rings is 1. The summed E-state index contributed by atoms with van der Waals surface area (Å²) in [6, 6.07) is 8.70. The first kappa shape index (κ1) is 16.7. The van der Waals surface area contributed by atoms with Gasteiger partial charge in [0.05, 0.1) is 0 Å². The normalized spacial score (nSPS) is 15.3. The molecule has 0 saturated heterocycles. The van der Waals surface area contributed by atoms with E-state index in [0.717, 1.165) is 18.9 Å². The second-order valence-corrected chi connectivity index (χ2v) is 7.53. The van der Waals surface area contributed by atoms with E-state index in [1.54, 1.807) is 0 Å². The van der Waals surface area contributed by atoms with Gasteiger partial charge in [-0.15, -0.1) is 0 Å². The third-order valence-electron chi connectivity index (χ3n) is 3.73. The monoisotopic (exact) mass is 325 g/mol. The van der Waals surface area contributed by atoms with Crippen molar-refractivity contribution in [3.05, 3.63) is 34.3 Å². The minimum atomic E-state index is 0.197. The summed E-state index contributed by atoms with van der Waals surface area (Å²) in [5, 5.41) is 3.66. The Hall–Kier alpha value is -0.340. The van der Waals surface area contributed by atoms with Gasteiger partial charge in [-0.1, -0.05) is 48.3 Å². The molecule has 0 aliphatic carbocycles. The number of rotatable bonds is 6. The van der Waals surface area contributed by atoms with Crippen LogP contribution >= 0.6 is 15.9 Å². The van der Waals surface area contributed by atoms with E-state index in [9.17, 15) is 0 Å². The van der Waals surface area contributed by atoms with Gasteiger partial charge in [0.25, 0.3) is 0 Å². The first-order valence-electron chi connectivity index (χ1n) is 7.31. The van der Waals surface area contributed by atoms with E-state index in [1.807, 2.05) is 0 Å². The highest BCUT2D eigenvalue weighted by Crippen LogP contribution is 2.22. The zero-order chi connectivity index (χ0) is 14.5. The van der Waals surface area contributed by atoms with E-state index in [4.69, 9.17) is 0 Å². The fraction of sp³-hybridized carbons (Fsp3) is 0.647. The first-order chi connectivity index (χ1) is 8.81. The minimum absolute atomic E-state index is 0.197. The number of hydrogen-bond acceptors (Lipinski definition) is 1. The van der Waals surface area contributed by atoms with Crippen molar-refractivity contribution in [3.63, 3.8) is 0 Å². The van der Waals surface area contributed by atoms with E-state index in [2.05, 4.69) is 80.1 Å². The fourth-order valence-electron chi connectivity index (χ4n) is 2.21. The summed E-state index contributed by atoms with van der Waals surface area (Å²) < 4.78 is 1.18. The van der Waals surface area contributed by atoms with E-state index >= 15 is 0 Å². The predicted molar refractivity (Wildman–Crippen MR) is 88.5 cm³/mol. The summed E-state index contributed by atoms with van der Waals surface area (Å²) in [5.41, 5.74) is 1.62. The predicted octanol–water partition coefficient (Wildman–Crippen LogP) is 5.04. The van der Waals surface area contributed by atoms with Crippen molar-refractivity contribution in [1.29, 1.82) is 0 Å². The molecule has 0 radical (unpaired) electrons. The van der Waals surface area contributed by atoms with Gasteiger partial charge in [0.2, 0.25) is 0 Å². The summed E-state index contributed by atoms with van der Waals surface area (Å²) in [7, 11) is 0. The van der Waals surface area contributed by atoms with Crippen molar-refractivity contribution in [3.8, 4) is 0 Å². The maximum atomic E-state index is 3.66. The molecular weight excluding hydrogens is 298 g/mol. The van der Waals surface area contributed by atoms with Crippen molar-refractivity contribution >= 4 is 15.9 Å². The quantitative estimate of drug-likeness (QED) is 0.772. The molecule has 108 valence electrons. The average Bonchev–Trinajstić information content (AvgIpc) is 2.32. The molecule has 2 heteroatoms. The minimum Gasteiger partial charge on any atom is -0.312 e. The van der Waals surface area contributed by atoms with Gasteiger partial charge in [0.1, 0.15) is 0 Å². The van der Waals surface area contributed by atoms with E-state index < -0.39 is 0 Å². The Kier molecular flexibility index (Phi) is 6.55. The van der Waals surface area contributed by atoms with Gasteiger partial charge >= 0.3 is 0 Å². The van der Waals surface area contributed by atoms with Gasteiger partial charge in [0, 0.05) is 10.0 Å². The molecule has 0 fully saturated rings. The zero-order valence-electron chi connectivity index (χ0n) is 13.0. The van der Waals surface area contributed by atoms with Crippen LogP contribution in [0.2, 0.25) is 0 Å². The van der Waals surface area contributed by atoms with E-state index in [0.29, 0.717) is 5.92 Å². The standard InChI is InChI=1S/C17H28BrN/c1-6-13(2)15(12-19-17(3,4)5)10-14-8-7-9-16(18)11-14/h7-9,11,13,15,19H,6,10,12H2,1-5H3. The summed E-state index contributed by atoms with van der Waals surface area (Å²) in [5.74, 6) is 1.44. The Labute approximate surface area is 127 Å². The molecule has 0 amide bonds. The summed E-state index contributed by atoms with van der Waals surface area (Å²) in [6.07, 6.45) is 2.39. The van der Waals surface area contributed by atoms with Crippen LogP contribution < -0.4 is 5.32 Å². The lowest BCUT2D eigenvalue weighted by atomic mass is 9.85. The first-order valence-corrected chi connectivity index (χ1v) is 8.10. The van der Waals surface area contributed by atoms with Crippen LogP contribution in [-0.4, -0.2) is 12.1 Å². The molecule has 0 spiro atoms. The van der Waals surface area contributed by atoms with Crippen LogP contribution in [0, 0.1) is 11.8 Å². The summed E-state index contributed by atoms with van der Waals surface area (Å²) >= 11 is 3.56. The molecule has 1 N–H and O–H groups in total. The van der Waals surface area contributed by atoms with Gasteiger partial charge in [-0.3, -0.25) is 0 Å². The molecule has 1 aromatic carbocycles. The Bertz CT molecular complexity index is 381. The molecule has 1 nitrogen and oxygen atoms in total. The van der Waals surface area contributed by atoms with Crippen LogP contribution in [0.1, 0.15) is 46.6 Å². The molecule has 2 unspecified atom stereocenters.